The number of rotatable bonds is 2. The van der Waals surface area contributed by atoms with E-state index in [0.29, 0.717) is 13.0 Å². The summed E-state index contributed by atoms with van der Waals surface area (Å²) in [6, 6.07) is 1.90. The second kappa shape index (κ2) is 4.01. The summed E-state index contributed by atoms with van der Waals surface area (Å²) in [5, 5.41) is 0. The molecule has 0 aliphatic carbocycles. The number of hydrogen-bond acceptors (Lipinski definition) is 2. The molecule has 0 bridgehead atoms. The molecule has 6 heteroatoms. The molecule has 0 radical (unpaired) electrons. The smallest absolute Gasteiger partial charge is 0.355 e. The van der Waals surface area contributed by atoms with Gasteiger partial charge in [-0.15, -0.1) is 13.2 Å². The van der Waals surface area contributed by atoms with Crippen LogP contribution >= 0.6 is 0 Å². The van der Waals surface area contributed by atoms with Crippen molar-refractivity contribution in [3.63, 3.8) is 0 Å². The number of halogens is 3. The highest BCUT2D eigenvalue weighted by molar-refractivity contribution is 5.47. The number of aromatic amines is 1. The number of hydrogen-bond donors (Lipinski definition) is 1. The van der Waals surface area contributed by atoms with E-state index >= 15 is 0 Å². The van der Waals surface area contributed by atoms with Crippen molar-refractivity contribution < 1.29 is 17.9 Å². The summed E-state index contributed by atoms with van der Waals surface area (Å²) in [4.78, 5) is 4.90. The lowest BCUT2D eigenvalue weighted by molar-refractivity contribution is -0.339. The summed E-state index contributed by atoms with van der Waals surface area (Å²) in [5.41, 5.74) is 1.03. The molecular formula is C10H13F3N2O. The van der Waals surface area contributed by atoms with Crippen LogP contribution in [0.3, 0.4) is 0 Å². The lowest BCUT2D eigenvalue weighted by atomic mass is 10.3. The number of anilines is 1. The summed E-state index contributed by atoms with van der Waals surface area (Å²) in [5.74, 6) is 0.883. The first kappa shape index (κ1) is 11.3. The van der Waals surface area contributed by atoms with Crippen LogP contribution in [0, 0.1) is 6.92 Å². The Morgan fingerprint density at radius 2 is 2.25 bits per heavy atom. The monoisotopic (exact) mass is 234 g/mol. The van der Waals surface area contributed by atoms with Crippen LogP contribution in [0.15, 0.2) is 12.3 Å². The third-order valence-corrected chi connectivity index (χ3v) is 2.69. The van der Waals surface area contributed by atoms with Gasteiger partial charge in [-0.1, -0.05) is 0 Å². The Kier molecular flexibility index (Phi) is 2.84. The van der Waals surface area contributed by atoms with Gasteiger partial charge in [-0.05, 0) is 25.0 Å². The average Bonchev–Trinajstić information content (AvgIpc) is 2.71. The van der Waals surface area contributed by atoms with Crippen LogP contribution in [0.2, 0.25) is 0 Å². The third-order valence-electron chi connectivity index (χ3n) is 2.69. The maximum atomic E-state index is 12.0. The molecule has 1 saturated heterocycles. The van der Waals surface area contributed by atoms with Crippen LogP contribution in [0.25, 0.3) is 0 Å². The Balaban J connectivity index is 1.96. The first-order chi connectivity index (χ1) is 7.46. The fourth-order valence-electron chi connectivity index (χ4n) is 2.00. The van der Waals surface area contributed by atoms with Gasteiger partial charge in [0.05, 0.1) is 6.10 Å². The summed E-state index contributed by atoms with van der Waals surface area (Å²) in [6.45, 7) is 2.78. The molecule has 1 unspecified atom stereocenters. The molecule has 1 fully saturated rings. The van der Waals surface area contributed by atoms with E-state index in [1.54, 1.807) is 6.20 Å². The minimum absolute atomic E-state index is 0.279. The molecule has 1 aliphatic rings. The first-order valence-electron chi connectivity index (χ1n) is 5.09. The Hall–Kier alpha value is -1.17. The second-order valence-corrected chi connectivity index (χ2v) is 3.93. The zero-order valence-corrected chi connectivity index (χ0v) is 8.84. The Morgan fingerprint density at radius 3 is 2.81 bits per heavy atom. The fraction of sp³-hybridized carbons (Fsp3) is 0.600. The van der Waals surface area contributed by atoms with Crippen molar-refractivity contribution in [2.24, 2.45) is 0 Å². The fourth-order valence-corrected chi connectivity index (χ4v) is 2.00. The number of nitrogens with one attached hydrogen (secondary N) is 1. The number of aryl methyl sites for hydroxylation is 1. The molecule has 0 spiro atoms. The number of alkyl halides is 3. The van der Waals surface area contributed by atoms with Gasteiger partial charge in [0.2, 0.25) is 0 Å². The van der Waals surface area contributed by atoms with E-state index in [0.717, 1.165) is 11.4 Å². The van der Waals surface area contributed by atoms with E-state index < -0.39 is 12.5 Å². The van der Waals surface area contributed by atoms with Gasteiger partial charge in [-0.25, -0.2) is 0 Å². The van der Waals surface area contributed by atoms with E-state index in [1.807, 2.05) is 17.9 Å². The van der Waals surface area contributed by atoms with E-state index in [2.05, 4.69) is 9.72 Å². The predicted molar refractivity (Wildman–Crippen MR) is 53.3 cm³/mol. The summed E-state index contributed by atoms with van der Waals surface area (Å²) in [6.07, 6.45) is -3.12. The van der Waals surface area contributed by atoms with Gasteiger partial charge in [0.15, 0.2) is 0 Å². The standard InChI is InChI=1S/C10H13F3N2O/c1-7-2-4-14-9(7)15-5-3-8(6-15)16-10(11,12)13/h2,4,8,14H,3,5-6H2,1H3. The van der Waals surface area contributed by atoms with Gasteiger partial charge in [-0.2, -0.15) is 0 Å². The molecule has 1 aromatic heterocycles. The third kappa shape index (κ3) is 2.49. The van der Waals surface area contributed by atoms with Gasteiger partial charge < -0.3 is 9.88 Å². The number of aromatic nitrogens is 1. The largest absolute Gasteiger partial charge is 0.522 e. The van der Waals surface area contributed by atoms with Crippen molar-refractivity contribution in [2.45, 2.75) is 25.8 Å². The highest BCUT2D eigenvalue weighted by Gasteiger charge is 2.37. The van der Waals surface area contributed by atoms with Crippen molar-refractivity contribution in [3.05, 3.63) is 17.8 Å². The Morgan fingerprint density at radius 1 is 1.50 bits per heavy atom. The lowest BCUT2D eigenvalue weighted by Gasteiger charge is -2.18. The lowest BCUT2D eigenvalue weighted by Crippen LogP contribution is -2.28. The van der Waals surface area contributed by atoms with Crippen molar-refractivity contribution in [3.8, 4) is 0 Å². The molecule has 0 aromatic carbocycles. The molecule has 2 heterocycles. The Labute approximate surface area is 91.2 Å². The molecule has 1 aliphatic heterocycles. The van der Waals surface area contributed by atoms with Crippen LogP contribution in [0.4, 0.5) is 19.0 Å². The van der Waals surface area contributed by atoms with Gasteiger partial charge in [0.25, 0.3) is 0 Å². The number of nitrogens with zero attached hydrogens (tertiary/aromatic N) is 1. The molecule has 2 rings (SSSR count). The molecule has 16 heavy (non-hydrogen) atoms. The minimum Gasteiger partial charge on any atom is -0.355 e. The quantitative estimate of drug-likeness (QED) is 0.851. The second-order valence-electron chi connectivity index (χ2n) is 3.93. The van der Waals surface area contributed by atoms with Crippen LogP contribution in [0.1, 0.15) is 12.0 Å². The summed E-state index contributed by atoms with van der Waals surface area (Å²) in [7, 11) is 0. The molecule has 3 nitrogen and oxygen atoms in total. The SMILES string of the molecule is Cc1cc[nH]c1N1CCC(OC(F)(F)F)C1. The summed E-state index contributed by atoms with van der Waals surface area (Å²) < 4.78 is 40.0. The first-order valence-corrected chi connectivity index (χ1v) is 5.09. The van der Waals surface area contributed by atoms with Crippen LogP contribution in [-0.2, 0) is 4.74 Å². The van der Waals surface area contributed by atoms with E-state index in [1.165, 1.54) is 0 Å². The van der Waals surface area contributed by atoms with Gasteiger partial charge in [0, 0.05) is 19.3 Å². The van der Waals surface area contributed by atoms with Crippen LogP contribution < -0.4 is 4.90 Å². The Bertz CT molecular complexity index is 361. The molecular weight excluding hydrogens is 221 g/mol. The predicted octanol–water partition coefficient (Wildman–Crippen LogP) is 2.44. The van der Waals surface area contributed by atoms with Gasteiger partial charge in [0.1, 0.15) is 5.82 Å². The molecule has 1 atom stereocenters. The van der Waals surface area contributed by atoms with Gasteiger partial charge >= 0.3 is 6.36 Å². The zero-order valence-electron chi connectivity index (χ0n) is 8.84. The molecule has 0 amide bonds. The highest BCUT2D eigenvalue weighted by Crippen LogP contribution is 2.27. The highest BCUT2D eigenvalue weighted by atomic mass is 19.4. The molecule has 1 aromatic rings. The molecule has 1 N–H and O–H groups in total. The van der Waals surface area contributed by atoms with E-state index in [4.69, 9.17) is 0 Å². The van der Waals surface area contributed by atoms with Crippen molar-refractivity contribution in [1.29, 1.82) is 0 Å². The summed E-state index contributed by atoms with van der Waals surface area (Å²) >= 11 is 0. The molecule has 0 saturated carbocycles. The van der Waals surface area contributed by atoms with Crippen LogP contribution in [0.5, 0.6) is 0 Å². The van der Waals surface area contributed by atoms with E-state index in [9.17, 15) is 13.2 Å². The normalized spacial score (nSPS) is 21.8. The number of H-pyrrole nitrogens is 1. The number of ether oxygens (including phenoxy) is 1. The maximum absolute atomic E-state index is 12.0. The van der Waals surface area contributed by atoms with Crippen molar-refractivity contribution >= 4 is 5.82 Å². The van der Waals surface area contributed by atoms with E-state index in [-0.39, 0.29) is 6.54 Å². The molecule has 90 valence electrons. The van der Waals surface area contributed by atoms with Crippen molar-refractivity contribution in [2.75, 3.05) is 18.0 Å². The maximum Gasteiger partial charge on any atom is 0.522 e. The zero-order chi connectivity index (χ0) is 11.8. The topological polar surface area (TPSA) is 28.3 Å². The van der Waals surface area contributed by atoms with Crippen molar-refractivity contribution in [1.82, 2.24) is 4.98 Å². The van der Waals surface area contributed by atoms with Gasteiger partial charge in [-0.3, -0.25) is 4.74 Å². The minimum atomic E-state index is -4.54. The average molecular weight is 234 g/mol. The van der Waals surface area contributed by atoms with Crippen LogP contribution in [-0.4, -0.2) is 30.5 Å².